The first-order valence-electron chi connectivity index (χ1n) is 11.3. The number of carbonyl (C=O) groups excluding carboxylic acids is 2. The zero-order valence-electron chi connectivity index (χ0n) is 19.8. The van der Waals surface area contributed by atoms with Crippen molar-refractivity contribution in [2.75, 3.05) is 5.75 Å². The molecule has 34 heavy (non-hydrogen) atoms. The summed E-state index contributed by atoms with van der Waals surface area (Å²) in [5.41, 5.74) is 0.832. The molecule has 0 saturated carbocycles. The molecule has 0 aliphatic heterocycles. The van der Waals surface area contributed by atoms with E-state index in [-0.39, 0.29) is 24.1 Å². The van der Waals surface area contributed by atoms with Crippen LogP contribution in [-0.4, -0.2) is 34.0 Å². The lowest BCUT2D eigenvalue weighted by Crippen LogP contribution is -2.54. The third kappa shape index (κ3) is 7.73. The minimum atomic E-state index is -0.787. The Morgan fingerprint density at radius 2 is 1.50 bits per heavy atom. The van der Waals surface area contributed by atoms with Gasteiger partial charge in [0.15, 0.2) is 0 Å². The second-order valence-corrected chi connectivity index (χ2v) is 10.2. The van der Waals surface area contributed by atoms with Gasteiger partial charge in [0.1, 0.15) is 11.9 Å². The lowest BCUT2D eigenvalue weighted by Gasteiger charge is -2.34. The van der Waals surface area contributed by atoms with Gasteiger partial charge >= 0.3 is 0 Å². The topological polar surface area (TPSA) is 49.4 Å². The maximum absolute atomic E-state index is 14.6. The van der Waals surface area contributed by atoms with Gasteiger partial charge < -0.3 is 10.2 Å². The van der Waals surface area contributed by atoms with Crippen molar-refractivity contribution in [2.24, 2.45) is 0 Å². The lowest BCUT2D eigenvalue weighted by molar-refractivity contribution is -0.140. The predicted molar refractivity (Wildman–Crippen MR) is 136 cm³/mol. The molecule has 3 aromatic rings. The molecule has 0 aliphatic carbocycles. The van der Waals surface area contributed by atoms with Crippen molar-refractivity contribution >= 4 is 23.6 Å². The van der Waals surface area contributed by atoms with Crippen molar-refractivity contribution in [1.29, 1.82) is 0 Å². The van der Waals surface area contributed by atoms with Crippen LogP contribution in [0, 0.1) is 5.82 Å². The Labute approximate surface area is 205 Å². The molecule has 0 spiro atoms. The summed E-state index contributed by atoms with van der Waals surface area (Å²) in [5.74, 6) is -0.731. The van der Waals surface area contributed by atoms with Crippen LogP contribution >= 0.6 is 11.8 Å². The largest absolute Gasteiger partial charge is 0.350 e. The number of amides is 2. The molecule has 1 atom stereocenters. The molecule has 0 aliphatic rings. The molecule has 178 valence electrons. The van der Waals surface area contributed by atoms with Crippen LogP contribution in [-0.2, 0) is 22.6 Å². The van der Waals surface area contributed by atoms with E-state index in [2.05, 4.69) is 5.32 Å². The van der Waals surface area contributed by atoms with Gasteiger partial charge in [0.05, 0.1) is 5.75 Å². The Bertz CT molecular complexity index is 1080. The van der Waals surface area contributed by atoms with Gasteiger partial charge in [0.2, 0.25) is 11.8 Å². The Morgan fingerprint density at radius 1 is 0.912 bits per heavy atom. The van der Waals surface area contributed by atoms with E-state index >= 15 is 0 Å². The van der Waals surface area contributed by atoms with Crippen LogP contribution in [0.4, 0.5) is 4.39 Å². The Morgan fingerprint density at radius 3 is 2.12 bits per heavy atom. The highest BCUT2D eigenvalue weighted by Crippen LogP contribution is 2.22. The molecule has 1 N–H and O–H groups in total. The Balaban J connectivity index is 1.94. The molecule has 0 unspecified atom stereocenters. The number of halogens is 1. The average Bonchev–Trinajstić information content (AvgIpc) is 2.81. The van der Waals surface area contributed by atoms with Crippen molar-refractivity contribution in [2.45, 2.75) is 50.2 Å². The Kier molecular flexibility index (Phi) is 8.88. The molecule has 3 aromatic carbocycles. The first kappa shape index (κ1) is 25.5. The molecule has 4 nitrogen and oxygen atoms in total. The number of rotatable bonds is 9. The van der Waals surface area contributed by atoms with Crippen LogP contribution in [0.5, 0.6) is 0 Å². The monoisotopic (exact) mass is 478 g/mol. The second kappa shape index (κ2) is 11.8. The first-order valence-corrected chi connectivity index (χ1v) is 12.3. The fraction of sp³-hybridized carbons (Fsp3) is 0.286. The van der Waals surface area contributed by atoms with Crippen LogP contribution < -0.4 is 5.32 Å². The molecule has 6 heteroatoms. The van der Waals surface area contributed by atoms with Crippen LogP contribution in [0.15, 0.2) is 89.8 Å². The third-order valence-corrected chi connectivity index (χ3v) is 6.17. The SMILES string of the molecule is CC(C)(C)NC(=O)[C@H](Cc1ccccc1)N(Cc1ccccc1F)C(=O)CSc1ccccc1. The second-order valence-electron chi connectivity index (χ2n) is 9.16. The highest BCUT2D eigenvalue weighted by molar-refractivity contribution is 8.00. The molecular formula is C28H31FN2O2S. The normalized spacial score (nSPS) is 12.1. The fourth-order valence-electron chi connectivity index (χ4n) is 3.56. The Hall–Kier alpha value is -3.12. The summed E-state index contributed by atoms with van der Waals surface area (Å²) in [7, 11) is 0. The van der Waals surface area contributed by atoms with Crippen molar-refractivity contribution in [3.8, 4) is 0 Å². The maximum atomic E-state index is 14.6. The van der Waals surface area contributed by atoms with Crippen LogP contribution in [0.2, 0.25) is 0 Å². The summed E-state index contributed by atoms with van der Waals surface area (Å²) in [4.78, 5) is 29.5. The minimum Gasteiger partial charge on any atom is -0.350 e. The van der Waals surface area contributed by atoms with E-state index in [1.807, 2.05) is 81.4 Å². The van der Waals surface area contributed by atoms with E-state index in [9.17, 15) is 14.0 Å². The molecule has 0 bridgehead atoms. The molecule has 0 aromatic heterocycles. The maximum Gasteiger partial charge on any atom is 0.243 e. The van der Waals surface area contributed by atoms with Crippen LogP contribution in [0.25, 0.3) is 0 Å². The van der Waals surface area contributed by atoms with Crippen molar-refractivity contribution in [3.05, 3.63) is 102 Å². The predicted octanol–water partition coefficient (Wildman–Crippen LogP) is 5.47. The summed E-state index contributed by atoms with van der Waals surface area (Å²) in [6, 6.07) is 24.8. The molecule has 0 radical (unpaired) electrons. The van der Waals surface area contributed by atoms with E-state index in [0.717, 1.165) is 10.5 Å². The summed E-state index contributed by atoms with van der Waals surface area (Å²) in [6.07, 6.45) is 0.332. The quantitative estimate of drug-likeness (QED) is 0.415. The summed E-state index contributed by atoms with van der Waals surface area (Å²) in [5, 5.41) is 3.02. The molecule has 0 heterocycles. The minimum absolute atomic E-state index is 0.00984. The van der Waals surface area contributed by atoms with Gasteiger partial charge in [-0.05, 0) is 44.5 Å². The fourth-order valence-corrected chi connectivity index (χ4v) is 4.37. The number of thioether (sulfide) groups is 1. The summed E-state index contributed by atoms with van der Waals surface area (Å²) < 4.78 is 14.6. The van der Waals surface area contributed by atoms with Crippen LogP contribution in [0.3, 0.4) is 0 Å². The number of carbonyl (C=O) groups is 2. The van der Waals surface area contributed by atoms with E-state index in [1.165, 1.54) is 22.7 Å². The average molecular weight is 479 g/mol. The number of hydrogen-bond acceptors (Lipinski definition) is 3. The molecule has 3 rings (SSSR count). The first-order chi connectivity index (χ1) is 16.2. The van der Waals surface area contributed by atoms with Gasteiger partial charge in [0, 0.05) is 29.0 Å². The number of hydrogen-bond donors (Lipinski definition) is 1. The molecule has 2 amide bonds. The van der Waals surface area contributed by atoms with Crippen molar-refractivity contribution in [3.63, 3.8) is 0 Å². The smallest absolute Gasteiger partial charge is 0.243 e. The summed E-state index contributed by atoms with van der Waals surface area (Å²) in [6.45, 7) is 5.71. The number of nitrogens with one attached hydrogen (secondary N) is 1. The number of nitrogens with zero attached hydrogens (tertiary/aromatic N) is 1. The van der Waals surface area contributed by atoms with E-state index < -0.39 is 17.4 Å². The number of benzene rings is 3. The zero-order valence-corrected chi connectivity index (χ0v) is 20.6. The van der Waals surface area contributed by atoms with Crippen molar-refractivity contribution < 1.29 is 14.0 Å². The van der Waals surface area contributed by atoms with Gasteiger partial charge in [-0.15, -0.1) is 11.8 Å². The van der Waals surface area contributed by atoms with Gasteiger partial charge in [-0.3, -0.25) is 9.59 Å². The standard InChI is InChI=1S/C28H31FN2O2S/c1-28(2,3)30-27(33)25(18-21-12-6-4-7-13-21)31(19-22-14-10-11-17-24(22)29)26(32)20-34-23-15-8-5-9-16-23/h4-17,25H,18-20H2,1-3H3,(H,30,33)/t25-/m0/s1. The van der Waals surface area contributed by atoms with E-state index in [4.69, 9.17) is 0 Å². The summed E-state index contributed by atoms with van der Waals surface area (Å²) >= 11 is 1.40. The zero-order chi connectivity index (χ0) is 24.6. The van der Waals surface area contributed by atoms with Gasteiger partial charge in [-0.25, -0.2) is 4.39 Å². The lowest BCUT2D eigenvalue weighted by atomic mass is 10.0. The third-order valence-electron chi connectivity index (χ3n) is 5.17. The van der Waals surface area contributed by atoms with E-state index in [0.29, 0.717) is 12.0 Å². The van der Waals surface area contributed by atoms with Crippen LogP contribution in [0.1, 0.15) is 31.9 Å². The van der Waals surface area contributed by atoms with Crippen molar-refractivity contribution in [1.82, 2.24) is 10.2 Å². The van der Waals surface area contributed by atoms with Gasteiger partial charge in [0.25, 0.3) is 0 Å². The highest BCUT2D eigenvalue weighted by Gasteiger charge is 2.32. The molecule has 0 saturated heterocycles. The highest BCUT2D eigenvalue weighted by atomic mass is 32.2. The molecular weight excluding hydrogens is 447 g/mol. The van der Waals surface area contributed by atoms with Gasteiger partial charge in [-0.1, -0.05) is 66.7 Å². The molecule has 0 fully saturated rings. The van der Waals surface area contributed by atoms with E-state index in [1.54, 1.807) is 18.2 Å². The van der Waals surface area contributed by atoms with Gasteiger partial charge in [-0.2, -0.15) is 0 Å².